The summed E-state index contributed by atoms with van der Waals surface area (Å²) in [6.07, 6.45) is 8.05. The number of carbonyl (C=O) groups is 1. The number of unbranched alkanes of at least 4 members (excludes halogenated alkanes) is 3. The van der Waals surface area contributed by atoms with Gasteiger partial charge in [0, 0.05) is 5.41 Å². The molecule has 1 aliphatic carbocycles. The smallest absolute Gasteiger partial charge is 0.790 e. The Balaban J connectivity index is 0.00000364. The van der Waals surface area contributed by atoms with Crippen LogP contribution in [0.2, 0.25) is 0 Å². The molecule has 0 heterocycles. The normalized spacial score (nSPS) is 16.1. The maximum atomic E-state index is 12.9. The second kappa shape index (κ2) is 14.0. The Morgan fingerprint density at radius 3 is 2.32 bits per heavy atom. The summed E-state index contributed by atoms with van der Waals surface area (Å²) in [7, 11) is -5.09. The summed E-state index contributed by atoms with van der Waals surface area (Å²) in [6.45, 7) is 1.77. The molecule has 0 saturated heterocycles. The predicted molar refractivity (Wildman–Crippen MR) is 95.9 cm³/mol. The van der Waals surface area contributed by atoms with Crippen LogP contribution in [0.4, 0.5) is 0 Å². The average molecular weight is 427 g/mol. The van der Waals surface area contributed by atoms with Crippen molar-refractivity contribution < 1.29 is 82.8 Å². The largest absolute Gasteiger partial charge is 1.00 e. The van der Waals surface area contributed by atoms with E-state index in [0.717, 1.165) is 50.5 Å². The van der Waals surface area contributed by atoms with Crippen molar-refractivity contribution in [1.82, 2.24) is 5.32 Å². The minimum Gasteiger partial charge on any atom is -0.790 e. The van der Waals surface area contributed by atoms with E-state index < -0.39 is 13.9 Å². The van der Waals surface area contributed by atoms with Crippen LogP contribution in [0, 0.1) is 5.41 Å². The summed E-state index contributed by atoms with van der Waals surface area (Å²) in [5, 5.41) is 2.93. The molecule has 1 N–H and O–H groups in total. The second-order valence-electron chi connectivity index (χ2n) is 7.12. The van der Waals surface area contributed by atoms with Gasteiger partial charge in [0.25, 0.3) is 0 Å². The summed E-state index contributed by atoms with van der Waals surface area (Å²) in [6, 6.07) is 8.33. The van der Waals surface area contributed by atoms with Crippen LogP contribution >= 0.6 is 7.82 Å². The Bertz CT molecular complexity index is 622. The minimum absolute atomic E-state index is 0. The van der Waals surface area contributed by atoms with Gasteiger partial charge in [-0.3, -0.25) is 4.79 Å². The number of phosphoric acid groups is 1. The molecule has 6 nitrogen and oxygen atoms in total. The Kier molecular flexibility index (Phi) is 14.4. The standard InChI is InChI=1S/C19H30NO5P.2Na/c1-2-3-4-8-12-19(13-9-14-19)18(21)20-17(15-25-26(22,23)24)16-10-6-5-7-11-16;;/h5-7,10-11,17H,2-4,8-9,12-15H2,1H3,(H,20,21)(H2,22,23,24);;/q;2*+1/p-2/t17-;;/m0../s1. The summed E-state index contributed by atoms with van der Waals surface area (Å²) in [5.74, 6) is -0.0654. The number of nitrogens with one attached hydrogen (secondary N) is 1. The molecule has 0 bridgehead atoms. The van der Waals surface area contributed by atoms with Gasteiger partial charge in [-0.25, -0.2) is 0 Å². The van der Waals surface area contributed by atoms with E-state index in [1.54, 1.807) is 24.3 Å². The molecule has 0 aliphatic heterocycles. The molecule has 0 radical (unpaired) electrons. The summed E-state index contributed by atoms with van der Waals surface area (Å²) < 4.78 is 15.3. The third-order valence-electron chi connectivity index (χ3n) is 5.21. The monoisotopic (exact) mass is 427 g/mol. The molecule has 2 rings (SSSR count). The van der Waals surface area contributed by atoms with Crippen molar-refractivity contribution in [2.24, 2.45) is 5.41 Å². The van der Waals surface area contributed by atoms with Gasteiger partial charge in [0.2, 0.25) is 5.91 Å². The molecular weight excluding hydrogens is 399 g/mol. The van der Waals surface area contributed by atoms with E-state index in [1.165, 1.54) is 6.42 Å². The van der Waals surface area contributed by atoms with Gasteiger partial charge in [0.15, 0.2) is 0 Å². The SMILES string of the molecule is CCCCCCC1(C(=O)N[C@@H](COP(=O)([O-])[O-])c2ccccc2)CCC1.[Na+].[Na+]. The predicted octanol–water partition coefficient (Wildman–Crippen LogP) is -3.16. The van der Waals surface area contributed by atoms with E-state index >= 15 is 0 Å². The zero-order valence-corrected chi connectivity index (χ0v) is 22.2. The number of amides is 1. The molecule has 28 heavy (non-hydrogen) atoms. The van der Waals surface area contributed by atoms with E-state index in [0.29, 0.717) is 0 Å². The number of hydrogen-bond donors (Lipinski definition) is 1. The van der Waals surface area contributed by atoms with Crippen LogP contribution in [0.3, 0.4) is 0 Å². The van der Waals surface area contributed by atoms with Crippen LogP contribution in [0.1, 0.15) is 69.9 Å². The first-order chi connectivity index (χ1) is 12.4. The molecule has 1 atom stereocenters. The number of phosphoric ester groups is 1. The fourth-order valence-corrected chi connectivity index (χ4v) is 3.80. The number of hydrogen-bond acceptors (Lipinski definition) is 5. The Morgan fingerprint density at radius 2 is 1.82 bits per heavy atom. The topological polar surface area (TPSA) is 102 Å². The quantitative estimate of drug-likeness (QED) is 0.228. The van der Waals surface area contributed by atoms with Crippen LogP contribution in [-0.2, 0) is 13.9 Å². The molecular formula is C19H28NNa2O5P. The van der Waals surface area contributed by atoms with Gasteiger partial charge < -0.3 is 24.2 Å². The van der Waals surface area contributed by atoms with Crippen molar-refractivity contribution in [2.45, 2.75) is 64.3 Å². The maximum absolute atomic E-state index is 12.9. The molecule has 1 fully saturated rings. The first kappa shape index (κ1) is 28.8. The third-order valence-corrected chi connectivity index (χ3v) is 5.67. The molecule has 1 amide bonds. The molecule has 0 aromatic heterocycles. The summed E-state index contributed by atoms with van der Waals surface area (Å²) in [4.78, 5) is 34.6. The molecule has 1 saturated carbocycles. The van der Waals surface area contributed by atoms with Gasteiger partial charge in [0.05, 0.1) is 20.5 Å². The number of rotatable bonds is 11. The zero-order chi connectivity index (χ0) is 19.0. The first-order valence-electron chi connectivity index (χ1n) is 9.39. The Hall–Kier alpha value is 0.800. The Labute approximate surface area is 212 Å². The van der Waals surface area contributed by atoms with Crippen molar-refractivity contribution in [2.75, 3.05) is 6.61 Å². The summed E-state index contributed by atoms with van der Waals surface area (Å²) in [5.41, 5.74) is 0.356. The van der Waals surface area contributed by atoms with Crippen LogP contribution < -0.4 is 74.2 Å². The fourth-order valence-electron chi connectivity index (χ4n) is 3.47. The Morgan fingerprint density at radius 1 is 1.18 bits per heavy atom. The van der Waals surface area contributed by atoms with E-state index in [2.05, 4.69) is 16.8 Å². The third kappa shape index (κ3) is 9.30. The average Bonchev–Trinajstić information content (AvgIpc) is 2.57. The van der Waals surface area contributed by atoms with Crippen LogP contribution in [-0.4, -0.2) is 12.5 Å². The van der Waals surface area contributed by atoms with Gasteiger partial charge in [-0.15, -0.1) is 0 Å². The van der Waals surface area contributed by atoms with Crippen LogP contribution in [0.15, 0.2) is 30.3 Å². The van der Waals surface area contributed by atoms with Crippen LogP contribution in [0.5, 0.6) is 0 Å². The van der Waals surface area contributed by atoms with E-state index in [9.17, 15) is 19.1 Å². The van der Waals surface area contributed by atoms with Crippen LogP contribution in [0.25, 0.3) is 0 Å². The second-order valence-corrected chi connectivity index (χ2v) is 8.28. The fraction of sp³-hybridized carbons (Fsp3) is 0.632. The minimum atomic E-state index is -5.09. The summed E-state index contributed by atoms with van der Waals surface area (Å²) >= 11 is 0. The molecule has 1 aliphatic rings. The van der Waals surface area contributed by atoms with Gasteiger partial charge >= 0.3 is 59.1 Å². The van der Waals surface area contributed by atoms with Gasteiger partial charge in [-0.05, 0) is 24.8 Å². The molecule has 0 unspecified atom stereocenters. The number of benzene rings is 1. The van der Waals surface area contributed by atoms with E-state index in [4.69, 9.17) is 0 Å². The zero-order valence-electron chi connectivity index (χ0n) is 17.3. The van der Waals surface area contributed by atoms with Crippen molar-refractivity contribution >= 4 is 13.7 Å². The molecule has 146 valence electrons. The van der Waals surface area contributed by atoms with Crippen molar-refractivity contribution in [1.29, 1.82) is 0 Å². The number of carbonyl (C=O) groups excluding carboxylic acids is 1. The van der Waals surface area contributed by atoms with Gasteiger partial charge in [-0.1, -0.05) is 69.4 Å². The van der Waals surface area contributed by atoms with Crippen molar-refractivity contribution in [3.8, 4) is 0 Å². The molecule has 1 aromatic carbocycles. The molecule has 1 aromatic rings. The molecule has 9 heteroatoms. The first-order valence-corrected chi connectivity index (χ1v) is 10.8. The van der Waals surface area contributed by atoms with E-state index in [1.807, 2.05) is 6.07 Å². The van der Waals surface area contributed by atoms with Gasteiger partial charge in [0.1, 0.15) is 0 Å². The molecule has 0 spiro atoms. The van der Waals surface area contributed by atoms with E-state index in [-0.39, 0.29) is 77.0 Å². The van der Waals surface area contributed by atoms with Crippen molar-refractivity contribution in [3.05, 3.63) is 35.9 Å². The maximum Gasteiger partial charge on any atom is 1.00 e. The van der Waals surface area contributed by atoms with Gasteiger partial charge in [-0.2, -0.15) is 0 Å². The van der Waals surface area contributed by atoms with Crippen molar-refractivity contribution in [3.63, 3.8) is 0 Å².